The Kier molecular flexibility index (Phi) is 6.84. The number of amides is 3. The Morgan fingerprint density at radius 2 is 1.70 bits per heavy atom. The molecule has 158 valence electrons. The smallest absolute Gasteiger partial charge is 0.245 e. The number of carbonyl (C=O) groups is 3. The molecule has 0 aliphatic carbocycles. The average molecular weight is 409 g/mol. The number of hydrogen-bond donors (Lipinski definition) is 3. The van der Waals surface area contributed by atoms with Crippen LogP contribution in [0.15, 0.2) is 54.6 Å². The molecule has 0 radical (unpaired) electrons. The van der Waals surface area contributed by atoms with Gasteiger partial charge in [-0.2, -0.15) is 0 Å². The van der Waals surface area contributed by atoms with E-state index in [-0.39, 0.29) is 30.7 Å². The number of aliphatic hydroxyl groups is 1. The summed E-state index contributed by atoms with van der Waals surface area (Å²) >= 11 is 0. The first kappa shape index (κ1) is 21.5. The largest absolute Gasteiger partial charge is 0.391 e. The molecule has 1 fully saturated rings. The van der Waals surface area contributed by atoms with Gasteiger partial charge >= 0.3 is 0 Å². The van der Waals surface area contributed by atoms with E-state index >= 15 is 0 Å². The SMILES string of the molecule is CC(=O)N[C@@H](C)C(=O)N1CC(O)C[C@H]1C(=O)NCc1ccc(-c2ccccc2)cc1. The molecule has 3 N–H and O–H groups in total. The standard InChI is InChI=1S/C23H27N3O4/c1-15(25-16(2)27)23(30)26-14-20(28)12-21(26)22(29)24-13-17-8-10-19(11-9-17)18-6-4-3-5-7-18/h3-11,15,20-21,28H,12-14H2,1-2H3,(H,24,29)(H,25,27)/t15-,20?,21-/m0/s1. The van der Waals surface area contributed by atoms with Gasteiger partial charge in [0.25, 0.3) is 0 Å². The number of nitrogens with zero attached hydrogens (tertiary/aromatic N) is 1. The van der Waals surface area contributed by atoms with Crippen molar-refractivity contribution < 1.29 is 19.5 Å². The highest BCUT2D eigenvalue weighted by Gasteiger charge is 2.40. The molecule has 1 unspecified atom stereocenters. The predicted octanol–water partition coefficient (Wildman–Crippen LogP) is 1.46. The van der Waals surface area contributed by atoms with Crippen LogP contribution in [0.3, 0.4) is 0 Å². The number of aliphatic hydroxyl groups excluding tert-OH is 1. The summed E-state index contributed by atoms with van der Waals surface area (Å²) in [4.78, 5) is 37.9. The first-order valence-corrected chi connectivity index (χ1v) is 10.0. The topological polar surface area (TPSA) is 98.7 Å². The van der Waals surface area contributed by atoms with Crippen LogP contribution in [0.1, 0.15) is 25.8 Å². The third kappa shape index (κ3) is 5.24. The second-order valence-corrected chi connectivity index (χ2v) is 7.60. The number of nitrogens with one attached hydrogen (secondary N) is 2. The summed E-state index contributed by atoms with van der Waals surface area (Å²) in [6.07, 6.45) is -0.587. The van der Waals surface area contributed by atoms with E-state index in [2.05, 4.69) is 10.6 Å². The molecule has 3 amide bonds. The van der Waals surface area contributed by atoms with E-state index in [0.717, 1.165) is 16.7 Å². The van der Waals surface area contributed by atoms with E-state index in [1.807, 2.05) is 54.6 Å². The fourth-order valence-corrected chi connectivity index (χ4v) is 3.67. The van der Waals surface area contributed by atoms with Crippen LogP contribution < -0.4 is 10.6 Å². The van der Waals surface area contributed by atoms with Crippen molar-refractivity contribution in [3.63, 3.8) is 0 Å². The highest BCUT2D eigenvalue weighted by molar-refractivity contribution is 5.92. The first-order valence-electron chi connectivity index (χ1n) is 10.0. The lowest BCUT2D eigenvalue weighted by Gasteiger charge is -2.26. The summed E-state index contributed by atoms with van der Waals surface area (Å²) in [5.41, 5.74) is 3.15. The van der Waals surface area contributed by atoms with Crippen LogP contribution in [0.5, 0.6) is 0 Å². The van der Waals surface area contributed by atoms with Crippen molar-refractivity contribution >= 4 is 17.7 Å². The van der Waals surface area contributed by atoms with Gasteiger partial charge < -0.3 is 20.6 Å². The zero-order valence-electron chi connectivity index (χ0n) is 17.2. The number of β-amino-alcohol motifs (C(OH)–C–C–N with tert-alkyl or cyclic N) is 1. The lowest BCUT2D eigenvalue weighted by molar-refractivity contribution is -0.141. The molecular weight excluding hydrogens is 382 g/mol. The summed E-state index contributed by atoms with van der Waals surface area (Å²) in [6, 6.07) is 16.4. The highest BCUT2D eigenvalue weighted by Crippen LogP contribution is 2.21. The molecule has 0 bridgehead atoms. The van der Waals surface area contributed by atoms with Crippen molar-refractivity contribution in [3.8, 4) is 11.1 Å². The third-order valence-electron chi connectivity index (χ3n) is 5.18. The molecule has 3 rings (SSSR count). The maximum atomic E-state index is 12.7. The number of carbonyl (C=O) groups excluding carboxylic acids is 3. The number of likely N-dealkylation sites (tertiary alicyclic amines) is 1. The zero-order chi connectivity index (χ0) is 21.7. The molecule has 3 atom stereocenters. The summed E-state index contributed by atoms with van der Waals surface area (Å²) in [7, 11) is 0. The molecule has 1 aliphatic heterocycles. The maximum Gasteiger partial charge on any atom is 0.245 e. The second kappa shape index (κ2) is 9.54. The Labute approximate surface area is 176 Å². The van der Waals surface area contributed by atoms with Gasteiger partial charge in [-0.15, -0.1) is 0 Å². The Balaban J connectivity index is 1.60. The van der Waals surface area contributed by atoms with E-state index in [1.54, 1.807) is 6.92 Å². The summed E-state index contributed by atoms with van der Waals surface area (Å²) in [6.45, 7) is 3.30. The lowest BCUT2D eigenvalue weighted by atomic mass is 10.0. The van der Waals surface area contributed by atoms with Crippen LogP contribution >= 0.6 is 0 Å². The van der Waals surface area contributed by atoms with Gasteiger partial charge in [0.05, 0.1) is 6.10 Å². The minimum Gasteiger partial charge on any atom is -0.391 e. The van der Waals surface area contributed by atoms with E-state index in [1.165, 1.54) is 11.8 Å². The van der Waals surface area contributed by atoms with Gasteiger partial charge in [-0.1, -0.05) is 54.6 Å². The molecule has 7 heteroatoms. The van der Waals surface area contributed by atoms with E-state index in [0.29, 0.717) is 6.54 Å². The Morgan fingerprint density at radius 3 is 2.33 bits per heavy atom. The number of hydrogen-bond acceptors (Lipinski definition) is 4. The Hall–Kier alpha value is -3.19. The normalized spacial score (nSPS) is 19.2. The van der Waals surface area contributed by atoms with Crippen molar-refractivity contribution in [3.05, 3.63) is 60.2 Å². The zero-order valence-corrected chi connectivity index (χ0v) is 17.2. The van der Waals surface area contributed by atoms with Crippen LogP contribution in [0.4, 0.5) is 0 Å². The van der Waals surface area contributed by atoms with E-state index in [9.17, 15) is 19.5 Å². The monoisotopic (exact) mass is 409 g/mol. The van der Waals surface area contributed by atoms with Gasteiger partial charge in [0.1, 0.15) is 12.1 Å². The Morgan fingerprint density at radius 1 is 1.07 bits per heavy atom. The summed E-state index contributed by atoms with van der Waals surface area (Å²) in [5.74, 6) is -1.02. The van der Waals surface area contributed by atoms with Crippen LogP contribution in [0.25, 0.3) is 11.1 Å². The van der Waals surface area contributed by atoms with Crippen LogP contribution in [0, 0.1) is 0 Å². The molecule has 1 aliphatic rings. The molecular formula is C23H27N3O4. The van der Waals surface area contributed by atoms with Gasteiger partial charge in [0, 0.05) is 26.4 Å². The maximum absolute atomic E-state index is 12.7. The molecule has 0 spiro atoms. The average Bonchev–Trinajstić information content (AvgIpc) is 3.13. The van der Waals surface area contributed by atoms with Crippen molar-refractivity contribution in [1.29, 1.82) is 0 Å². The quantitative estimate of drug-likeness (QED) is 0.673. The van der Waals surface area contributed by atoms with Gasteiger partial charge in [-0.05, 0) is 23.6 Å². The van der Waals surface area contributed by atoms with E-state index in [4.69, 9.17) is 0 Å². The molecule has 0 aromatic heterocycles. The number of benzene rings is 2. The van der Waals surface area contributed by atoms with Crippen molar-refractivity contribution in [1.82, 2.24) is 15.5 Å². The number of rotatable bonds is 6. The van der Waals surface area contributed by atoms with Crippen LogP contribution in [0.2, 0.25) is 0 Å². The van der Waals surface area contributed by atoms with Crippen molar-refractivity contribution in [2.75, 3.05) is 6.54 Å². The summed E-state index contributed by atoms with van der Waals surface area (Å²) in [5, 5.41) is 15.4. The van der Waals surface area contributed by atoms with Gasteiger partial charge in [-0.3, -0.25) is 14.4 Å². The van der Waals surface area contributed by atoms with Crippen LogP contribution in [-0.2, 0) is 20.9 Å². The van der Waals surface area contributed by atoms with Crippen LogP contribution in [-0.4, -0.2) is 52.5 Å². The minimum absolute atomic E-state index is 0.0760. The Bertz CT molecular complexity index is 898. The molecule has 30 heavy (non-hydrogen) atoms. The second-order valence-electron chi connectivity index (χ2n) is 7.60. The molecule has 2 aromatic carbocycles. The molecule has 0 saturated carbocycles. The molecule has 7 nitrogen and oxygen atoms in total. The van der Waals surface area contributed by atoms with Crippen molar-refractivity contribution in [2.45, 2.75) is 45.0 Å². The molecule has 1 heterocycles. The fourth-order valence-electron chi connectivity index (χ4n) is 3.67. The van der Waals surface area contributed by atoms with Gasteiger partial charge in [0.15, 0.2) is 0 Å². The highest BCUT2D eigenvalue weighted by atomic mass is 16.3. The van der Waals surface area contributed by atoms with E-state index < -0.39 is 18.2 Å². The first-order chi connectivity index (χ1) is 14.3. The molecule has 2 aromatic rings. The minimum atomic E-state index is -0.764. The lowest BCUT2D eigenvalue weighted by Crippen LogP contribution is -2.52. The van der Waals surface area contributed by atoms with Gasteiger partial charge in [0.2, 0.25) is 17.7 Å². The fraction of sp³-hybridized carbons (Fsp3) is 0.348. The third-order valence-corrected chi connectivity index (χ3v) is 5.18. The van der Waals surface area contributed by atoms with Gasteiger partial charge in [-0.25, -0.2) is 0 Å². The summed E-state index contributed by atoms with van der Waals surface area (Å²) < 4.78 is 0. The van der Waals surface area contributed by atoms with Crippen molar-refractivity contribution in [2.24, 2.45) is 0 Å². The predicted molar refractivity (Wildman–Crippen MR) is 113 cm³/mol. The molecule has 1 saturated heterocycles.